The van der Waals surface area contributed by atoms with Gasteiger partial charge in [-0.25, -0.2) is 4.98 Å². The van der Waals surface area contributed by atoms with Gasteiger partial charge in [0.15, 0.2) is 5.79 Å². The zero-order valence-corrected chi connectivity index (χ0v) is 13.6. The van der Waals surface area contributed by atoms with Crippen molar-refractivity contribution in [3.05, 3.63) is 28.6 Å². The molecule has 0 saturated carbocycles. The van der Waals surface area contributed by atoms with Gasteiger partial charge in [-0.1, -0.05) is 6.07 Å². The van der Waals surface area contributed by atoms with Crippen LogP contribution in [0, 0.1) is 0 Å². The van der Waals surface area contributed by atoms with Crippen molar-refractivity contribution in [2.45, 2.75) is 18.6 Å². The molecule has 0 aromatic carbocycles. The highest BCUT2D eigenvalue weighted by molar-refractivity contribution is 7.20. The van der Waals surface area contributed by atoms with Gasteiger partial charge in [-0.3, -0.25) is 4.79 Å². The number of thiophene rings is 1. The van der Waals surface area contributed by atoms with Crippen LogP contribution in [0.4, 0.5) is 0 Å². The number of nitrogens with zero attached hydrogens (tertiary/aromatic N) is 2. The minimum atomic E-state index is -0.443. The second-order valence-corrected chi connectivity index (χ2v) is 7.22. The Labute approximate surface area is 136 Å². The Balaban J connectivity index is 1.44. The van der Waals surface area contributed by atoms with Gasteiger partial charge in [-0.05, 0) is 11.4 Å². The van der Waals surface area contributed by atoms with Gasteiger partial charge in [0.2, 0.25) is 0 Å². The highest BCUT2D eigenvalue weighted by Gasteiger charge is 2.41. The summed E-state index contributed by atoms with van der Waals surface area (Å²) >= 11 is 3.16. The number of carbonyl (C=O) groups is 1. The van der Waals surface area contributed by atoms with Crippen LogP contribution in [0.25, 0.3) is 9.88 Å². The van der Waals surface area contributed by atoms with Crippen LogP contribution in [0.15, 0.2) is 22.9 Å². The maximum Gasteiger partial charge on any atom is 0.273 e. The van der Waals surface area contributed by atoms with Crippen molar-refractivity contribution < 1.29 is 14.3 Å². The van der Waals surface area contributed by atoms with Crippen LogP contribution in [0.5, 0.6) is 0 Å². The molecule has 2 aromatic rings. The predicted octanol–water partition coefficient (Wildman–Crippen LogP) is 2.85. The molecule has 2 aliphatic heterocycles. The van der Waals surface area contributed by atoms with E-state index in [1.807, 2.05) is 27.8 Å². The van der Waals surface area contributed by atoms with Crippen molar-refractivity contribution in [3.63, 3.8) is 0 Å². The molecule has 0 unspecified atom stereocenters. The maximum atomic E-state index is 12.6. The second-order valence-electron chi connectivity index (χ2n) is 5.42. The molecule has 0 radical (unpaired) electrons. The van der Waals surface area contributed by atoms with E-state index in [9.17, 15) is 4.79 Å². The number of piperidine rings is 1. The molecule has 116 valence electrons. The van der Waals surface area contributed by atoms with Crippen LogP contribution in [0.3, 0.4) is 0 Å². The van der Waals surface area contributed by atoms with Crippen molar-refractivity contribution in [1.29, 1.82) is 0 Å². The fourth-order valence-corrected chi connectivity index (χ4v) is 4.49. The lowest BCUT2D eigenvalue weighted by atomic mass is 10.0. The van der Waals surface area contributed by atoms with E-state index in [4.69, 9.17) is 9.47 Å². The van der Waals surface area contributed by atoms with Gasteiger partial charge in [0, 0.05) is 31.3 Å². The summed E-state index contributed by atoms with van der Waals surface area (Å²) in [5, 5.41) is 4.78. The zero-order valence-electron chi connectivity index (χ0n) is 12.0. The molecule has 1 spiro atoms. The van der Waals surface area contributed by atoms with Crippen LogP contribution in [0.1, 0.15) is 23.3 Å². The zero-order chi connectivity index (χ0) is 15.0. The van der Waals surface area contributed by atoms with E-state index in [1.165, 1.54) is 11.3 Å². The van der Waals surface area contributed by atoms with Gasteiger partial charge < -0.3 is 14.4 Å². The van der Waals surface area contributed by atoms with Crippen molar-refractivity contribution in [2.75, 3.05) is 26.3 Å². The van der Waals surface area contributed by atoms with Crippen molar-refractivity contribution in [2.24, 2.45) is 0 Å². The lowest BCUT2D eigenvalue weighted by Gasteiger charge is -2.37. The van der Waals surface area contributed by atoms with Crippen LogP contribution in [-0.4, -0.2) is 47.9 Å². The van der Waals surface area contributed by atoms with Gasteiger partial charge in [0.25, 0.3) is 5.91 Å². The van der Waals surface area contributed by atoms with Gasteiger partial charge in [-0.2, -0.15) is 0 Å². The summed E-state index contributed by atoms with van der Waals surface area (Å²) in [6.07, 6.45) is 1.47. The quantitative estimate of drug-likeness (QED) is 0.846. The smallest absolute Gasteiger partial charge is 0.273 e. The normalized spacial score (nSPS) is 20.6. The third-order valence-electron chi connectivity index (χ3n) is 4.08. The molecule has 1 amide bonds. The van der Waals surface area contributed by atoms with Gasteiger partial charge in [-0.15, -0.1) is 22.7 Å². The Kier molecular flexibility index (Phi) is 3.73. The van der Waals surface area contributed by atoms with Gasteiger partial charge in [0.05, 0.1) is 18.1 Å². The molecular weight excluding hydrogens is 320 g/mol. The Morgan fingerprint density at radius 1 is 1.23 bits per heavy atom. The molecule has 2 saturated heterocycles. The number of rotatable bonds is 2. The monoisotopic (exact) mass is 336 g/mol. The van der Waals surface area contributed by atoms with Crippen LogP contribution in [0.2, 0.25) is 0 Å². The fourth-order valence-electron chi connectivity index (χ4n) is 2.88. The lowest BCUT2D eigenvalue weighted by Crippen LogP contribution is -2.47. The standard InChI is InChI=1S/C15H16N2O3S2/c18-14(11-10-22-13(16-11)12-2-1-9-21-12)17-5-3-15(4-6-17)19-7-8-20-15/h1-2,9-10H,3-8H2. The van der Waals surface area contributed by atoms with E-state index >= 15 is 0 Å². The van der Waals surface area contributed by atoms with E-state index in [2.05, 4.69) is 4.98 Å². The number of ether oxygens (including phenoxy) is 2. The first-order chi connectivity index (χ1) is 10.8. The SMILES string of the molecule is O=C(c1csc(-c2cccs2)n1)N1CCC2(CC1)OCCO2. The average Bonchev–Trinajstić information content (AvgIpc) is 3.29. The molecule has 0 aliphatic carbocycles. The van der Waals surface area contributed by atoms with E-state index in [-0.39, 0.29) is 5.91 Å². The summed E-state index contributed by atoms with van der Waals surface area (Å²) in [6.45, 7) is 2.63. The molecule has 0 atom stereocenters. The third-order valence-corrected chi connectivity index (χ3v) is 5.96. The Morgan fingerprint density at radius 3 is 2.68 bits per heavy atom. The first kappa shape index (κ1) is 14.3. The predicted molar refractivity (Wildman–Crippen MR) is 85.2 cm³/mol. The number of carbonyl (C=O) groups excluding carboxylic acids is 1. The topological polar surface area (TPSA) is 51.7 Å². The Bertz CT molecular complexity index is 652. The highest BCUT2D eigenvalue weighted by atomic mass is 32.1. The number of hydrogen-bond donors (Lipinski definition) is 0. The highest BCUT2D eigenvalue weighted by Crippen LogP contribution is 2.32. The summed E-state index contributed by atoms with van der Waals surface area (Å²) in [7, 11) is 0. The number of aromatic nitrogens is 1. The molecule has 7 heteroatoms. The maximum absolute atomic E-state index is 12.6. The molecule has 5 nitrogen and oxygen atoms in total. The minimum Gasteiger partial charge on any atom is -0.347 e. The Hall–Kier alpha value is -1.28. The fraction of sp³-hybridized carbons (Fsp3) is 0.467. The van der Waals surface area contributed by atoms with Crippen molar-refractivity contribution >= 4 is 28.6 Å². The first-order valence-electron chi connectivity index (χ1n) is 7.32. The summed E-state index contributed by atoms with van der Waals surface area (Å²) in [5.74, 6) is -0.437. The molecule has 4 rings (SSSR count). The molecule has 2 fully saturated rings. The van der Waals surface area contributed by atoms with Crippen LogP contribution >= 0.6 is 22.7 Å². The summed E-state index contributed by atoms with van der Waals surface area (Å²) in [5.41, 5.74) is 0.539. The molecule has 2 aromatic heterocycles. The lowest BCUT2D eigenvalue weighted by molar-refractivity contribution is -0.181. The first-order valence-corrected chi connectivity index (χ1v) is 9.08. The number of hydrogen-bond acceptors (Lipinski definition) is 6. The van der Waals surface area contributed by atoms with E-state index in [0.717, 1.165) is 22.7 Å². The van der Waals surface area contributed by atoms with Crippen LogP contribution < -0.4 is 0 Å². The molecule has 2 aliphatic rings. The molecular formula is C15H16N2O3S2. The molecule has 4 heterocycles. The number of thiazole rings is 1. The molecule has 0 bridgehead atoms. The molecule has 22 heavy (non-hydrogen) atoms. The third kappa shape index (κ3) is 2.58. The van der Waals surface area contributed by atoms with Crippen LogP contribution in [-0.2, 0) is 9.47 Å². The van der Waals surface area contributed by atoms with E-state index in [1.54, 1.807) is 11.3 Å². The van der Waals surface area contributed by atoms with E-state index in [0.29, 0.717) is 32.0 Å². The number of amides is 1. The Morgan fingerprint density at radius 2 is 2.00 bits per heavy atom. The largest absolute Gasteiger partial charge is 0.347 e. The second kappa shape index (κ2) is 5.73. The van der Waals surface area contributed by atoms with E-state index < -0.39 is 5.79 Å². The number of likely N-dealkylation sites (tertiary alicyclic amines) is 1. The molecule has 0 N–H and O–H groups in total. The van der Waals surface area contributed by atoms with Gasteiger partial charge >= 0.3 is 0 Å². The minimum absolute atomic E-state index is 0.00639. The summed E-state index contributed by atoms with van der Waals surface area (Å²) in [6, 6.07) is 4.02. The van der Waals surface area contributed by atoms with Crippen molar-refractivity contribution in [1.82, 2.24) is 9.88 Å². The average molecular weight is 336 g/mol. The van der Waals surface area contributed by atoms with Gasteiger partial charge in [0.1, 0.15) is 10.7 Å². The summed E-state index contributed by atoms with van der Waals surface area (Å²) < 4.78 is 11.4. The van der Waals surface area contributed by atoms with Crippen molar-refractivity contribution in [3.8, 4) is 9.88 Å². The summed E-state index contributed by atoms with van der Waals surface area (Å²) in [4.78, 5) is 20.0.